The molecular formula is C19H39N3. The van der Waals surface area contributed by atoms with Crippen molar-refractivity contribution in [1.82, 2.24) is 16.0 Å². The number of piperidine rings is 1. The van der Waals surface area contributed by atoms with E-state index >= 15 is 0 Å². The molecule has 6 atom stereocenters. The smallest absolute Gasteiger partial charge is 0.0612 e. The van der Waals surface area contributed by atoms with Crippen LogP contribution >= 0.6 is 0 Å². The third-order valence-electron chi connectivity index (χ3n) is 6.13. The van der Waals surface area contributed by atoms with Gasteiger partial charge in [0.2, 0.25) is 0 Å². The van der Waals surface area contributed by atoms with E-state index in [1.54, 1.807) is 0 Å². The molecule has 0 aromatic carbocycles. The summed E-state index contributed by atoms with van der Waals surface area (Å²) in [5.41, 5.74) is 0. The number of nitrogens with one attached hydrogen (secondary N) is 3. The molecule has 0 aromatic rings. The Balaban J connectivity index is 0.000000847. The molecular weight excluding hydrogens is 270 g/mol. The van der Waals surface area contributed by atoms with Gasteiger partial charge in [-0.2, -0.15) is 0 Å². The lowest BCUT2D eigenvalue weighted by Crippen LogP contribution is -2.47. The van der Waals surface area contributed by atoms with Crippen molar-refractivity contribution in [1.29, 1.82) is 0 Å². The van der Waals surface area contributed by atoms with Crippen LogP contribution in [0.4, 0.5) is 0 Å². The fraction of sp³-hybridized carbons (Fsp3) is 1.00. The molecule has 0 aliphatic carbocycles. The Labute approximate surface area is 138 Å². The lowest BCUT2D eigenvalue weighted by atomic mass is 9.70. The van der Waals surface area contributed by atoms with Crippen LogP contribution in [0.3, 0.4) is 0 Å². The molecule has 3 heterocycles. The lowest BCUT2D eigenvalue weighted by molar-refractivity contribution is 0.158. The van der Waals surface area contributed by atoms with Crippen molar-refractivity contribution >= 4 is 0 Å². The molecule has 3 aliphatic rings. The minimum absolute atomic E-state index is 0.584. The van der Waals surface area contributed by atoms with Crippen molar-refractivity contribution in [3.05, 3.63) is 0 Å². The largest absolute Gasteiger partial charge is 0.316 e. The normalized spacial score (nSPS) is 40.1. The zero-order valence-corrected chi connectivity index (χ0v) is 15.5. The molecule has 0 spiro atoms. The maximum Gasteiger partial charge on any atom is 0.0612 e. The molecule has 0 saturated carbocycles. The minimum atomic E-state index is 0.584. The topological polar surface area (TPSA) is 36.1 Å². The Kier molecular flexibility index (Phi) is 7.17. The first-order valence-corrected chi connectivity index (χ1v) is 9.99. The lowest BCUT2D eigenvalue weighted by Gasteiger charge is -2.36. The Morgan fingerprint density at radius 2 is 1.73 bits per heavy atom. The molecule has 3 saturated heterocycles. The molecule has 22 heavy (non-hydrogen) atoms. The van der Waals surface area contributed by atoms with Gasteiger partial charge in [0.25, 0.3) is 0 Å². The number of hydrogen-bond donors (Lipinski definition) is 3. The van der Waals surface area contributed by atoms with E-state index in [1.165, 1.54) is 45.2 Å². The maximum atomic E-state index is 3.90. The zero-order valence-electron chi connectivity index (χ0n) is 15.5. The van der Waals surface area contributed by atoms with Gasteiger partial charge >= 0.3 is 0 Å². The van der Waals surface area contributed by atoms with Gasteiger partial charge in [0.05, 0.1) is 6.17 Å². The highest BCUT2D eigenvalue weighted by Gasteiger charge is 2.54. The summed E-state index contributed by atoms with van der Waals surface area (Å²) < 4.78 is 0. The van der Waals surface area contributed by atoms with Crippen LogP contribution < -0.4 is 16.0 Å². The average Bonchev–Trinajstić information content (AvgIpc) is 3.03. The van der Waals surface area contributed by atoms with Crippen LogP contribution in [0.25, 0.3) is 0 Å². The van der Waals surface area contributed by atoms with Crippen LogP contribution in [-0.4, -0.2) is 31.3 Å². The van der Waals surface area contributed by atoms with Crippen molar-refractivity contribution in [3.8, 4) is 0 Å². The van der Waals surface area contributed by atoms with Gasteiger partial charge in [-0.1, -0.05) is 53.4 Å². The molecule has 0 radical (unpaired) electrons. The first kappa shape index (κ1) is 18.2. The van der Waals surface area contributed by atoms with Crippen molar-refractivity contribution in [2.45, 2.75) is 85.0 Å². The summed E-state index contributed by atoms with van der Waals surface area (Å²) in [5.74, 6) is 3.51. The second-order valence-corrected chi connectivity index (χ2v) is 7.35. The third kappa shape index (κ3) is 3.52. The molecule has 3 rings (SSSR count). The predicted octanol–water partition coefficient (Wildman–Crippen LogP) is 3.36. The van der Waals surface area contributed by atoms with Gasteiger partial charge in [-0.15, -0.1) is 0 Å². The number of fused-ring (bicyclic) bond motifs is 3. The van der Waals surface area contributed by atoms with Gasteiger partial charge in [-0.05, 0) is 50.1 Å². The summed E-state index contributed by atoms with van der Waals surface area (Å²) in [6.45, 7) is 13.6. The molecule has 3 fully saturated rings. The van der Waals surface area contributed by atoms with Crippen molar-refractivity contribution < 1.29 is 0 Å². The van der Waals surface area contributed by atoms with Gasteiger partial charge in [0.15, 0.2) is 0 Å². The van der Waals surface area contributed by atoms with Crippen molar-refractivity contribution in [2.75, 3.05) is 13.1 Å². The second kappa shape index (κ2) is 8.65. The third-order valence-corrected chi connectivity index (χ3v) is 6.13. The molecule has 3 nitrogen and oxygen atoms in total. The van der Waals surface area contributed by atoms with Crippen molar-refractivity contribution in [2.24, 2.45) is 23.7 Å². The van der Waals surface area contributed by atoms with Gasteiger partial charge in [-0.3, -0.25) is 10.6 Å². The highest BCUT2D eigenvalue weighted by atomic mass is 15.2. The van der Waals surface area contributed by atoms with E-state index in [0.717, 1.165) is 29.7 Å². The first-order chi connectivity index (χ1) is 10.8. The van der Waals surface area contributed by atoms with Gasteiger partial charge in [0, 0.05) is 12.1 Å². The fourth-order valence-corrected chi connectivity index (χ4v) is 5.47. The van der Waals surface area contributed by atoms with Crippen LogP contribution in [0.2, 0.25) is 0 Å². The molecule has 3 heteroatoms. The van der Waals surface area contributed by atoms with Crippen LogP contribution in [0.15, 0.2) is 0 Å². The van der Waals surface area contributed by atoms with E-state index in [-0.39, 0.29) is 0 Å². The average molecular weight is 310 g/mol. The van der Waals surface area contributed by atoms with E-state index in [1.807, 2.05) is 13.8 Å². The molecule has 0 bridgehead atoms. The van der Waals surface area contributed by atoms with E-state index in [2.05, 4.69) is 36.7 Å². The summed E-state index contributed by atoms with van der Waals surface area (Å²) in [5, 5.41) is 11.4. The predicted molar refractivity (Wildman–Crippen MR) is 95.9 cm³/mol. The van der Waals surface area contributed by atoms with Crippen LogP contribution in [0.1, 0.15) is 66.7 Å². The second-order valence-electron chi connectivity index (χ2n) is 7.35. The Bertz CT molecular complexity index is 314. The Morgan fingerprint density at radius 1 is 1.05 bits per heavy atom. The molecule has 0 amide bonds. The molecule has 6 unspecified atom stereocenters. The van der Waals surface area contributed by atoms with Crippen LogP contribution in [0, 0.1) is 23.7 Å². The quantitative estimate of drug-likeness (QED) is 0.729. The summed E-state index contributed by atoms with van der Waals surface area (Å²) in [6, 6.07) is 1.45. The van der Waals surface area contributed by atoms with Crippen LogP contribution in [-0.2, 0) is 0 Å². The number of hydrogen-bond acceptors (Lipinski definition) is 3. The molecule has 3 aliphatic heterocycles. The van der Waals surface area contributed by atoms with Crippen molar-refractivity contribution in [3.63, 3.8) is 0 Å². The fourth-order valence-electron chi connectivity index (χ4n) is 5.47. The summed E-state index contributed by atoms with van der Waals surface area (Å²) in [6.07, 6.45) is 7.40. The van der Waals surface area contributed by atoms with Gasteiger partial charge in [-0.25, -0.2) is 0 Å². The number of rotatable bonds is 5. The zero-order chi connectivity index (χ0) is 16.1. The van der Waals surface area contributed by atoms with E-state index in [4.69, 9.17) is 0 Å². The van der Waals surface area contributed by atoms with E-state index in [0.29, 0.717) is 12.2 Å². The highest BCUT2D eigenvalue weighted by molar-refractivity contribution is 5.08. The summed E-state index contributed by atoms with van der Waals surface area (Å²) >= 11 is 0. The van der Waals surface area contributed by atoms with Crippen LogP contribution in [0.5, 0.6) is 0 Å². The van der Waals surface area contributed by atoms with Gasteiger partial charge in [0.1, 0.15) is 0 Å². The maximum absolute atomic E-state index is 3.90. The summed E-state index contributed by atoms with van der Waals surface area (Å²) in [7, 11) is 0. The molecule has 130 valence electrons. The minimum Gasteiger partial charge on any atom is -0.316 e. The Hall–Kier alpha value is -0.120. The molecule has 3 N–H and O–H groups in total. The highest BCUT2D eigenvalue weighted by Crippen LogP contribution is 2.46. The monoisotopic (exact) mass is 309 g/mol. The Morgan fingerprint density at radius 3 is 2.36 bits per heavy atom. The summed E-state index contributed by atoms with van der Waals surface area (Å²) in [4.78, 5) is 0. The standard InChI is InChI=1S/C17H33N3.C2H6/c1-4-6-12(7-5-2)15-11(3)19-17-16(15)13-10-18-9-8-14(13)20-17;1-2/h11-20H,4-10H2,1-3H3;1-2H3. The van der Waals surface area contributed by atoms with Gasteiger partial charge < -0.3 is 5.32 Å². The SMILES string of the molecule is CC.CCCC(CCC)C1C(C)NC2NC3CCNCC3C21. The molecule has 0 aromatic heterocycles. The van der Waals surface area contributed by atoms with E-state index < -0.39 is 0 Å². The van der Waals surface area contributed by atoms with E-state index in [9.17, 15) is 0 Å². The first-order valence-electron chi connectivity index (χ1n) is 9.99.